The number of anilines is 3. The van der Waals surface area contributed by atoms with Crippen molar-refractivity contribution in [3.63, 3.8) is 0 Å². The summed E-state index contributed by atoms with van der Waals surface area (Å²) in [6.07, 6.45) is 0.955. The van der Waals surface area contributed by atoms with Gasteiger partial charge >= 0.3 is 12.1 Å². The van der Waals surface area contributed by atoms with Crippen molar-refractivity contribution in [1.82, 2.24) is 19.8 Å². The zero-order chi connectivity index (χ0) is 30.7. The fraction of sp³-hybridized carbons (Fsp3) is 0.387. The molecule has 224 valence electrons. The number of allylic oxidation sites excluding steroid dienone is 1. The lowest BCUT2D eigenvalue weighted by molar-refractivity contribution is 0.102. The number of nitrogen functional groups attached to an aromatic ring is 1. The molecule has 0 saturated carbocycles. The van der Waals surface area contributed by atoms with Crippen molar-refractivity contribution in [3.05, 3.63) is 54.2 Å². The molecule has 12 heteroatoms. The molecule has 1 unspecified atom stereocenters. The van der Waals surface area contributed by atoms with Gasteiger partial charge in [0.1, 0.15) is 12.3 Å². The number of nitriles is 1. The van der Waals surface area contributed by atoms with E-state index in [4.69, 9.17) is 10.5 Å². The van der Waals surface area contributed by atoms with Gasteiger partial charge in [0.15, 0.2) is 11.5 Å². The largest absolute Gasteiger partial charge is 0.465 e. The van der Waals surface area contributed by atoms with Crippen molar-refractivity contribution in [1.29, 1.82) is 5.26 Å². The highest BCUT2D eigenvalue weighted by atomic mass is 16.5. The molecule has 1 aromatic heterocycles. The molecule has 0 radical (unpaired) electrons. The van der Waals surface area contributed by atoms with Crippen LogP contribution in [-0.2, 0) is 0 Å². The van der Waals surface area contributed by atoms with Gasteiger partial charge in [-0.2, -0.15) is 15.2 Å². The van der Waals surface area contributed by atoms with Crippen LogP contribution in [0.4, 0.5) is 22.0 Å². The molecular formula is C31H36N8O4. The fourth-order valence-corrected chi connectivity index (χ4v) is 5.84. The maximum Gasteiger partial charge on any atom is 0.407 e. The van der Waals surface area contributed by atoms with E-state index in [-0.39, 0.29) is 55.3 Å². The number of carbonyl (C=O) groups excluding carboxylic acids is 1. The number of nitrogens with one attached hydrogen (secondary N) is 1. The summed E-state index contributed by atoms with van der Waals surface area (Å²) in [6, 6.07) is 13.2. The zero-order valence-corrected chi connectivity index (χ0v) is 24.4. The zero-order valence-electron chi connectivity index (χ0n) is 24.4. The van der Waals surface area contributed by atoms with Crippen molar-refractivity contribution in [2.45, 2.75) is 38.3 Å². The second kappa shape index (κ2) is 12.5. The Kier molecular flexibility index (Phi) is 8.63. The molecule has 2 fully saturated rings. The minimum absolute atomic E-state index is 0.00460. The van der Waals surface area contributed by atoms with E-state index >= 15 is 0 Å². The highest BCUT2D eigenvalue weighted by molar-refractivity contribution is 6.13. The number of aromatic nitrogens is 2. The molecular weight excluding hydrogens is 548 g/mol. The predicted molar refractivity (Wildman–Crippen MR) is 165 cm³/mol. The van der Waals surface area contributed by atoms with Crippen molar-refractivity contribution in [2.24, 2.45) is 0 Å². The highest BCUT2D eigenvalue weighted by Gasteiger charge is 2.33. The Hall–Kier alpha value is -4.89. The average molecular weight is 585 g/mol. The summed E-state index contributed by atoms with van der Waals surface area (Å²) in [5.74, 6) is -0.269. The Morgan fingerprint density at radius 1 is 1.19 bits per heavy atom. The van der Waals surface area contributed by atoms with E-state index < -0.39 is 18.0 Å². The van der Waals surface area contributed by atoms with Gasteiger partial charge in [0.2, 0.25) is 0 Å². The summed E-state index contributed by atoms with van der Waals surface area (Å²) in [5, 5.41) is 23.8. The fourth-order valence-electron chi connectivity index (χ4n) is 5.84. The van der Waals surface area contributed by atoms with E-state index in [2.05, 4.69) is 32.8 Å². The number of hydrogen-bond acceptors (Lipinski definition) is 9. The topological polar surface area (TPSA) is 161 Å². The number of piperazine rings is 1. The number of carbonyl (C=O) groups is 2. The number of likely N-dealkylation sites (N-methyl/N-ethyl adjacent to an activating group) is 1. The summed E-state index contributed by atoms with van der Waals surface area (Å²) in [7, 11) is 2.04. The maximum absolute atomic E-state index is 13.9. The van der Waals surface area contributed by atoms with Gasteiger partial charge in [-0.15, -0.1) is 0 Å². The van der Waals surface area contributed by atoms with Gasteiger partial charge in [0.25, 0.3) is 5.91 Å². The molecule has 2 aromatic carbocycles. The van der Waals surface area contributed by atoms with Gasteiger partial charge < -0.3 is 35.6 Å². The number of likely N-dealkylation sites (tertiary alicyclic amines) is 1. The van der Waals surface area contributed by atoms with Gasteiger partial charge in [-0.05, 0) is 50.4 Å². The van der Waals surface area contributed by atoms with Gasteiger partial charge in [-0.3, -0.25) is 4.79 Å². The Bertz CT molecular complexity index is 1600. The van der Waals surface area contributed by atoms with Crippen LogP contribution in [0.1, 0.15) is 42.2 Å². The molecule has 12 nitrogen and oxygen atoms in total. The third-order valence-electron chi connectivity index (χ3n) is 8.16. The lowest BCUT2D eigenvalue weighted by Gasteiger charge is -2.40. The van der Waals surface area contributed by atoms with Crippen LogP contribution >= 0.6 is 0 Å². The van der Waals surface area contributed by atoms with E-state index in [1.165, 1.54) is 4.90 Å². The molecule has 0 bridgehead atoms. The quantitative estimate of drug-likeness (QED) is 0.352. The number of ether oxygens (including phenoxy) is 1. The molecule has 0 aliphatic carbocycles. The third kappa shape index (κ3) is 6.17. The molecule has 43 heavy (non-hydrogen) atoms. The van der Waals surface area contributed by atoms with Crippen LogP contribution in [0, 0.1) is 11.3 Å². The van der Waals surface area contributed by atoms with E-state index in [9.17, 15) is 20.0 Å². The Morgan fingerprint density at radius 2 is 1.95 bits per heavy atom. The van der Waals surface area contributed by atoms with Crippen molar-refractivity contribution in [2.75, 3.05) is 55.8 Å². The second-order valence-electron chi connectivity index (χ2n) is 11.1. The molecule has 2 amide bonds. The molecule has 3 heterocycles. The number of nitrogens with zero attached hydrogens (tertiary/aromatic N) is 6. The van der Waals surface area contributed by atoms with Crippen molar-refractivity contribution >= 4 is 45.5 Å². The monoisotopic (exact) mass is 584 g/mol. The second-order valence-corrected chi connectivity index (χ2v) is 11.1. The molecule has 4 N–H and O–H groups in total. The minimum atomic E-state index is -1.09. The molecule has 2 aliphatic heterocycles. The molecule has 0 spiro atoms. The van der Waals surface area contributed by atoms with Crippen LogP contribution in [0.3, 0.4) is 0 Å². The lowest BCUT2D eigenvalue weighted by Crippen LogP contribution is -2.55. The van der Waals surface area contributed by atoms with Gasteiger partial charge in [-0.25, -0.2) is 4.79 Å². The third-order valence-corrected chi connectivity index (χ3v) is 8.16. The smallest absolute Gasteiger partial charge is 0.407 e. The number of nitrogens with two attached hydrogens (primary N) is 1. The first-order chi connectivity index (χ1) is 20.7. The Balaban J connectivity index is 1.51. The van der Waals surface area contributed by atoms with Crippen LogP contribution in [0.5, 0.6) is 6.01 Å². The minimum Gasteiger partial charge on any atom is -0.465 e. The molecule has 2 aliphatic rings. The maximum atomic E-state index is 13.9. The molecule has 3 aromatic rings. The first-order valence-electron chi connectivity index (χ1n) is 14.3. The van der Waals surface area contributed by atoms with E-state index in [1.54, 1.807) is 4.90 Å². The van der Waals surface area contributed by atoms with Crippen molar-refractivity contribution in [3.8, 4) is 12.1 Å². The number of fused-ring (bicyclic) bond motifs is 1. The van der Waals surface area contributed by atoms with Crippen LogP contribution in [0.25, 0.3) is 16.3 Å². The first-order valence-corrected chi connectivity index (χ1v) is 14.3. The summed E-state index contributed by atoms with van der Waals surface area (Å²) in [6.45, 7) is 7.93. The van der Waals surface area contributed by atoms with E-state index in [1.807, 2.05) is 50.4 Å². The molecule has 2 atom stereocenters. The number of benzene rings is 2. The summed E-state index contributed by atoms with van der Waals surface area (Å²) in [4.78, 5) is 39.9. The summed E-state index contributed by atoms with van der Waals surface area (Å²) < 4.78 is 6.05. The van der Waals surface area contributed by atoms with Crippen LogP contribution in [0.15, 0.2) is 43.0 Å². The van der Waals surface area contributed by atoms with Gasteiger partial charge in [-0.1, -0.05) is 42.5 Å². The predicted octanol–water partition coefficient (Wildman–Crippen LogP) is 4.05. The molecule has 5 rings (SSSR count). The number of rotatable bonds is 8. The van der Waals surface area contributed by atoms with Gasteiger partial charge in [0, 0.05) is 36.7 Å². The highest BCUT2D eigenvalue weighted by Crippen LogP contribution is 2.33. The van der Waals surface area contributed by atoms with Gasteiger partial charge in [0.05, 0.1) is 18.5 Å². The standard InChI is InChI=1S/C31H36N8O4/c1-19(2)23-10-4-7-20-8-5-11-24(25(20)23)34-29(40)27-26(33)28(36-30(35-27)43-18-22-9-6-14-37(22)3)38-15-16-39(31(41)42)21(17-38)12-13-32/h4-5,7-8,10-11,21-22H,1,6,9,12,14-18,33H2,2-3H3,(H,34,40)(H,41,42)/t21?,22-/m0/s1. The summed E-state index contributed by atoms with van der Waals surface area (Å²) in [5.41, 5.74) is 8.92. The SMILES string of the molecule is C=C(C)c1cccc2cccc(NC(=O)c3nc(OC[C@@H]4CCCN4C)nc(N4CCN(C(=O)O)C(CC#N)C4)c3N)c12. The lowest BCUT2D eigenvalue weighted by atomic mass is 9.98. The first kappa shape index (κ1) is 29.6. The number of hydrogen-bond donors (Lipinski definition) is 3. The molecule has 2 saturated heterocycles. The Morgan fingerprint density at radius 3 is 2.63 bits per heavy atom. The average Bonchev–Trinajstić information content (AvgIpc) is 3.40. The summed E-state index contributed by atoms with van der Waals surface area (Å²) >= 11 is 0. The van der Waals surface area contributed by atoms with E-state index in [0.29, 0.717) is 12.3 Å². The number of carboxylic acid groups (broad SMARTS) is 1. The van der Waals surface area contributed by atoms with Crippen LogP contribution in [0.2, 0.25) is 0 Å². The van der Waals surface area contributed by atoms with Crippen LogP contribution < -0.4 is 20.7 Å². The van der Waals surface area contributed by atoms with Crippen molar-refractivity contribution < 1.29 is 19.4 Å². The van der Waals surface area contributed by atoms with Crippen LogP contribution in [-0.4, -0.2) is 88.8 Å². The normalized spacial score (nSPS) is 18.8. The number of amides is 2. The Labute approximate surface area is 250 Å². The van der Waals surface area contributed by atoms with E-state index in [0.717, 1.165) is 41.3 Å².